The fraction of sp³-hybridized carbons (Fsp3) is 0.562. The number of likely N-dealkylation sites (tertiary alicyclic amines) is 1. The number of aliphatic hydroxyl groups excluding tert-OH is 1. The van der Waals surface area contributed by atoms with Gasteiger partial charge >= 0.3 is 0 Å². The SMILES string of the molecule is COc1cc(CN2CC3CCC(O)C3C2)ccc1C(N)=S. The Bertz CT molecular complexity index is 549. The summed E-state index contributed by atoms with van der Waals surface area (Å²) in [5, 5.41) is 9.99. The third-order valence-electron chi connectivity index (χ3n) is 4.83. The molecule has 0 amide bonds. The van der Waals surface area contributed by atoms with Gasteiger partial charge in [-0.25, -0.2) is 0 Å². The second kappa shape index (κ2) is 5.91. The van der Waals surface area contributed by atoms with Crippen LogP contribution in [-0.4, -0.2) is 41.3 Å². The molecule has 5 heteroatoms. The minimum absolute atomic E-state index is 0.105. The third-order valence-corrected chi connectivity index (χ3v) is 5.05. The van der Waals surface area contributed by atoms with E-state index in [1.807, 2.05) is 12.1 Å². The van der Waals surface area contributed by atoms with Crippen LogP contribution in [0.3, 0.4) is 0 Å². The predicted octanol–water partition coefficient (Wildman–Crippen LogP) is 1.53. The second-order valence-corrected chi connectivity index (χ2v) is 6.60. The molecule has 3 rings (SSSR count). The molecule has 0 aromatic heterocycles. The normalized spacial score (nSPS) is 28.6. The molecule has 1 aromatic carbocycles. The van der Waals surface area contributed by atoms with Crippen molar-refractivity contribution in [3.8, 4) is 5.75 Å². The van der Waals surface area contributed by atoms with Gasteiger partial charge < -0.3 is 15.6 Å². The molecule has 0 spiro atoms. The number of nitrogens with two attached hydrogens (primary N) is 1. The first-order valence-electron chi connectivity index (χ1n) is 7.45. The first-order chi connectivity index (χ1) is 10.1. The van der Waals surface area contributed by atoms with E-state index in [-0.39, 0.29) is 6.10 Å². The van der Waals surface area contributed by atoms with Gasteiger partial charge in [0.25, 0.3) is 0 Å². The Labute approximate surface area is 130 Å². The van der Waals surface area contributed by atoms with Crippen LogP contribution in [0.15, 0.2) is 18.2 Å². The number of benzene rings is 1. The predicted molar refractivity (Wildman–Crippen MR) is 86.4 cm³/mol. The van der Waals surface area contributed by atoms with Gasteiger partial charge in [0.15, 0.2) is 0 Å². The van der Waals surface area contributed by atoms with Crippen LogP contribution < -0.4 is 10.5 Å². The van der Waals surface area contributed by atoms with Crippen molar-refractivity contribution in [3.63, 3.8) is 0 Å². The summed E-state index contributed by atoms with van der Waals surface area (Å²) in [6.07, 6.45) is 2.03. The van der Waals surface area contributed by atoms with Crippen molar-refractivity contribution in [3.05, 3.63) is 29.3 Å². The number of methoxy groups -OCH3 is 1. The summed E-state index contributed by atoms with van der Waals surface area (Å²) in [6.45, 7) is 2.96. The number of rotatable bonds is 4. The Balaban J connectivity index is 1.70. The van der Waals surface area contributed by atoms with Gasteiger partial charge in [0.05, 0.1) is 18.8 Å². The Hall–Kier alpha value is -1.17. The lowest BCUT2D eigenvalue weighted by Gasteiger charge is -2.19. The topological polar surface area (TPSA) is 58.7 Å². The highest BCUT2D eigenvalue weighted by molar-refractivity contribution is 7.80. The average molecular weight is 306 g/mol. The van der Waals surface area contributed by atoms with Crippen LogP contribution in [-0.2, 0) is 6.54 Å². The number of fused-ring (bicyclic) bond motifs is 1. The van der Waals surface area contributed by atoms with Gasteiger partial charge in [0.1, 0.15) is 10.7 Å². The summed E-state index contributed by atoms with van der Waals surface area (Å²) < 4.78 is 5.38. The molecule has 0 radical (unpaired) electrons. The van der Waals surface area contributed by atoms with Crippen molar-refractivity contribution in [2.24, 2.45) is 17.6 Å². The van der Waals surface area contributed by atoms with Crippen LogP contribution in [0.1, 0.15) is 24.0 Å². The molecule has 1 aromatic rings. The van der Waals surface area contributed by atoms with Crippen LogP contribution in [0, 0.1) is 11.8 Å². The van der Waals surface area contributed by atoms with Crippen molar-refractivity contribution in [1.29, 1.82) is 0 Å². The molecule has 3 unspecified atom stereocenters. The number of nitrogens with zero attached hydrogens (tertiary/aromatic N) is 1. The Morgan fingerprint density at radius 1 is 1.43 bits per heavy atom. The van der Waals surface area contributed by atoms with Crippen LogP contribution in [0.25, 0.3) is 0 Å². The highest BCUT2D eigenvalue weighted by Crippen LogP contribution is 2.38. The molecule has 21 heavy (non-hydrogen) atoms. The summed E-state index contributed by atoms with van der Waals surface area (Å²) in [6, 6.07) is 6.00. The molecule has 4 nitrogen and oxygen atoms in total. The summed E-state index contributed by atoms with van der Waals surface area (Å²) in [4.78, 5) is 2.78. The van der Waals surface area contributed by atoms with Crippen molar-refractivity contribution < 1.29 is 9.84 Å². The molecule has 3 N–H and O–H groups in total. The van der Waals surface area contributed by atoms with Gasteiger partial charge in [-0.2, -0.15) is 0 Å². The zero-order valence-electron chi connectivity index (χ0n) is 12.3. The molecule has 114 valence electrons. The smallest absolute Gasteiger partial charge is 0.129 e. The molecule has 1 aliphatic carbocycles. The zero-order valence-corrected chi connectivity index (χ0v) is 13.1. The molecule has 2 aliphatic rings. The van der Waals surface area contributed by atoms with Gasteiger partial charge in [0.2, 0.25) is 0 Å². The third kappa shape index (κ3) is 2.91. The zero-order chi connectivity index (χ0) is 15.0. The first-order valence-corrected chi connectivity index (χ1v) is 7.86. The summed E-state index contributed by atoms with van der Waals surface area (Å²) in [5.41, 5.74) is 7.67. The van der Waals surface area contributed by atoms with Gasteiger partial charge in [-0.05, 0) is 36.5 Å². The number of thiocarbonyl (C=S) groups is 1. The van der Waals surface area contributed by atoms with Crippen LogP contribution >= 0.6 is 12.2 Å². The first kappa shape index (κ1) is 14.8. The number of aliphatic hydroxyl groups is 1. The van der Waals surface area contributed by atoms with Crippen LogP contribution in [0.5, 0.6) is 5.75 Å². The molecule has 0 bridgehead atoms. The lowest BCUT2D eigenvalue weighted by atomic mass is 10.00. The van der Waals surface area contributed by atoms with E-state index in [0.717, 1.165) is 43.8 Å². The largest absolute Gasteiger partial charge is 0.496 e. The summed E-state index contributed by atoms with van der Waals surface area (Å²) in [5.74, 6) is 1.86. The lowest BCUT2D eigenvalue weighted by molar-refractivity contribution is 0.123. The summed E-state index contributed by atoms with van der Waals surface area (Å²) in [7, 11) is 1.64. The quantitative estimate of drug-likeness (QED) is 0.826. The lowest BCUT2D eigenvalue weighted by Crippen LogP contribution is -2.24. The molecule has 1 saturated heterocycles. The monoisotopic (exact) mass is 306 g/mol. The van der Waals surface area contributed by atoms with Crippen molar-refractivity contribution in [1.82, 2.24) is 4.90 Å². The fourth-order valence-corrected chi connectivity index (χ4v) is 3.92. The van der Waals surface area contributed by atoms with E-state index in [1.54, 1.807) is 7.11 Å². The van der Waals surface area contributed by atoms with E-state index in [2.05, 4.69) is 11.0 Å². The van der Waals surface area contributed by atoms with Gasteiger partial charge in [-0.15, -0.1) is 0 Å². The Kier molecular flexibility index (Phi) is 4.15. The van der Waals surface area contributed by atoms with E-state index in [9.17, 15) is 5.11 Å². The molecule has 3 atom stereocenters. The van der Waals surface area contributed by atoms with Crippen LogP contribution in [0.4, 0.5) is 0 Å². The molecule has 1 heterocycles. The number of hydrogen-bond donors (Lipinski definition) is 2. The maximum absolute atomic E-state index is 9.99. The summed E-state index contributed by atoms with van der Waals surface area (Å²) >= 11 is 5.03. The van der Waals surface area contributed by atoms with E-state index in [0.29, 0.717) is 16.8 Å². The minimum Gasteiger partial charge on any atom is -0.496 e. The molecule has 1 aliphatic heterocycles. The van der Waals surface area contributed by atoms with Gasteiger partial charge in [-0.3, -0.25) is 4.90 Å². The number of hydrogen-bond acceptors (Lipinski definition) is 4. The van der Waals surface area contributed by atoms with E-state index >= 15 is 0 Å². The van der Waals surface area contributed by atoms with E-state index in [4.69, 9.17) is 22.7 Å². The maximum atomic E-state index is 9.99. The molecular weight excluding hydrogens is 284 g/mol. The van der Waals surface area contributed by atoms with Crippen molar-refractivity contribution in [2.45, 2.75) is 25.5 Å². The highest BCUT2D eigenvalue weighted by Gasteiger charge is 2.41. The fourth-order valence-electron chi connectivity index (χ4n) is 3.75. The van der Waals surface area contributed by atoms with Gasteiger partial charge in [-0.1, -0.05) is 18.3 Å². The molecule has 2 fully saturated rings. The number of ether oxygens (including phenoxy) is 1. The standard InChI is InChI=1S/C16H22N2O2S/c1-20-15-6-10(2-4-12(15)16(17)21)7-18-8-11-3-5-14(19)13(11)9-18/h2,4,6,11,13-14,19H,3,5,7-9H2,1H3,(H2,17,21). The van der Waals surface area contributed by atoms with E-state index < -0.39 is 0 Å². The maximum Gasteiger partial charge on any atom is 0.129 e. The highest BCUT2D eigenvalue weighted by atomic mass is 32.1. The molecular formula is C16H22N2O2S. The second-order valence-electron chi connectivity index (χ2n) is 6.16. The van der Waals surface area contributed by atoms with Gasteiger partial charge in [0, 0.05) is 25.6 Å². The Morgan fingerprint density at radius 2 is 2.24 bits per heavy atom. The van der Waals surface area contributed by atoms with Crippen molar-refractivity contribution in [2.75, 3.05) is 20.2 Å². The van der Waals surface area contributed by atoms with E-state index in [1.165, 1.54) is 5.56 Å². The van der Waals surface area contributed by atoms with Crippen LogP contribution in [0.2, 0.25) is 0 Å². The van der Waals surface area contributed by atoms with Crippen molar-refractivity contribution >= 4 is 17.2 Å². The average Bonchev–Trinajstić information content (AvgIpc) is 3.00. The Morgan fingerprint density at radius 3 is 2.90 bits per heavy atom. The minimum atomic E-state index is -0.105. The molecule has 1 saturated carbocycles.